The van der Waals surface area contributed by atoms with Crippen LogP contribution in [0.4, 0.5) is 16.2 Å². The molecule has 0 radical (unpaired) electrons. The molecule has 0 atom stereocenters. The number of phenols is 1. The Morgan fingerprint density at radius 2 is 1.42 bits per heavy atom. The second-order valence-corrected chi connectivity index (χ2v) is 5.63. The van der Waals surface area contributed by atoms with Gasteiger partial charge in [0.05, 0.1) is 18.0 Å². The van der Waals surface area contributed by atoms with Gasteiger partial charge >= 0.3 is 6.09 Å². The number of aliphatic hydroxyl groups excluding tert-OH is 1. The van der Waals surface area contributed by atoms with Gasteiger partial charge in [-0.15, -0.1) is 0 Å². The van der Waals surface area contributed by atoms with Gasteiger partial charge < -0.3 is 14.9 Å². The van der Waals surface area contributed by atoms with Gasteiger partial charge in [0.25, 0.3) is 0 Å². The summed E-state index contributed by atoms with van der Waals surface area (Å²) in [5.41, 5.74) is 2.28. The van der Waals surface area contributed by atoms with Crippen molar-refractivity contribution in [2.75, 3.05) is 4.90 Å². The van der Waals surface area contributed by atoms with E-state index in [9.17, 15) is 15.0 Å². The van der Waals surface area contributed by atoms with Crippen LogP contribution in [0.2, 0.25) is 0 Å². The number of hydrogen-bond donors (Lipinski definition) is 2. The Balaban J connectivity index is 1.84. The third-order valence-corrected chi connectivity index (χ3v) is 3.97. The van der Waals surface area contributed by atoms with E-state index < -0.39 is 6.09 Å². The van der Waals surface area contributed by atoms with Crippen molar-refractivity contribution in [2.24, 2.45) is 0 Å². The molecule has 0 unspecified atom stereocenters. The van der Waals surface area contributed by atoms with Crippen LogP contribution in [-0.4, -0.2) is 16.3 Å². The third-order valence-electron chi connectivity index (χ3n) is 3.97. The van der Waals surface area contributed by atoms with Crippen LogP contribution in [0.5, 0.6) is 5.75 Å². The molecule has 3 aromatic rings. The number of carbonyl (C=O) groups excluding carboxylic acids is 1. The van der Waals surface area contributed by atoms with Crippen LogP contribution in [0, 0.1) is 0 Å². The molecule has 0 fully saturated rings. The maximum Gasteiger partial charge on any atom is 0.419 e. The standard InChI is InChI=1S/C21H19NO4/c23-14-19-16(8-7-13-20(19)24)15-26-21(25)22(17-9-3-1-4-10-17)18-11-5-2-6-12-18/h1-13,23-24H,14-15H2. The molecular weight excluding hydrogens is 330 g/mol. The molecule has 132 valence electrons. The lowest BCUT2D eigenvalue weighted by molar-refractivity contribution is 0.148. The number of amides is 1. The van der Waals surface area contributed by atoms with Crippen LogP contribution >= 0.6 is 0 Å². The lowest BCUT2D eigenvalue weighted by atomic mass is 10.1. The van der Waals surface area contributed by atoms with Gasteiger partial charge in [0.1, 0.15) is 12.4 Å². The van der Waals surface area contributed by atoms with Crippen LogP contribution in [0.25, 0.3) is 0 Å². The molecule has 3 aromatic carbocycles. The zero-order chi connectivity index (χ0) is 18.4. The minimum absolute atomic E-state index is 0.0241. The summed E-state index contributed by atoms with van der Waals surface area (Å²) >= 11 is 0. The quantitative estimate of drug-likeness (QED) is 0.718. The molecule has 0 saturated heterocycles. The van der Waals surface area contributed by atoms with E-state index in [2.05, 4.69) is 0 Å². The van der Waals surface area contributed by atoms with Crippen LogP contribution < -0.4 is 4.90 Å². The Morgan fingerprint density at radius 3 is 1.96 bits per heavy atom. The first-order valence-corrected chi connectivity index (χ1v) is 8.18. The number of benzene rings is 3. The predicted octanol–water partition coefficient (Wildman–Crippen LogP) is 4.36. The molecular formula is C21H19NO4. The highest BCUT2D eigenvalue weighted by Gasteiger charge is 2.20. The van der Waals surface area contributed by atoms with Crippen molar-refractivity contribution >= 4 is 17.5 Å². The highest BCUT2D eigenvalue weighted by atomic mass is 16.6. The molecule has 0 aliphatic carbocycles. The summed E-state index contributed by atoms with van der Waals surface area (Å²) in [6.07, 6.45) is -0.547. The second kappa shape index (κ2) is 8.18. The van der Waals surface area contributed by atoms with E-state index in [1.54, 1.807) is 12.1 Å². The molecule has 0 spiro atoms. The highest BCUT2D eigenvalue weighted by molar-refractivity contribution is 5.95. The normalized spacial score (nSPS) is 10.3. The maximum absolute atomic E-state index is 12.8. The largest absolute Gasteiger partial charge is 0.508 e. The maximum atomic E-state index is 12.8. The van der Waals surface area contributed by atoms with Crippen molar-refractivity contribution in [1.29, 1.82) is 0 Å². The fraction of sp³-hybridized carbons (Fsp3) is 0.0952. The Labute approximate surface area is 151 Å². The minimum Gasteiger partial charge on any atom is -0.508 e. The number of ether oxygens (including phenoxy) is 1. The van der Waals surface area contributed by atoms with Gasteiger partial charge in [-0.3, -0.25) is 0 Å². The third kappa shape index (κ3) is 3.84. The van der Waals surface area contributed by atoms with Crippen molar-refractivity contribution in [3.63, 3.8) is 0 Å². The zero-order valence-corrected chi connectivity index (χ0v) is 14.1. The van der Waals surface area contributed by atoms with Gasteiger partial charge in [-0.2, -0.15) is 0 Å². The molecule has 26 heavy (non-hydrogen) atoms. The number of aromatic hydroxyl groups is 1. The van der Waals surface area contributed by atoms with Crippen LogP contribution in [0.1, 0.15) is 11.1 Å². The van der Waals surface area contributed by atoms with Crippen molar-refractivity contribution in [1.82, 2.24) is 0 Å². The molecule has 0 aliphatic heterocycles. The van der Waals surface area contributed by atoms with Crippen molar-refractivity contribution in [3.8, 4) is 5.75 Å². The van der Waals surface area contributed by atoms with E-state index in [1.807, 2.05) is 60.7 Å². The van der Waals surface area contributed by atoms with Crippen LogP contribution in [0.15, 0.2) is 78.9 Å². The summed E-state index contributed by atoms with van der Waals surface area (Å²) in [5.74, 6) is -0.0241. The second-order valence-electron chi connectivity index (χ2n) is 5.63. The Morgan fingerprint density at radius 1 is 0.846 bits per heavy atom. The number of rotatable bonds is 5. The number of anilines is 2. The van der Waals surface area contributed by atoms with Crippen molar-refractivity contribution in [3.05, 3.63) is 90.0 Å². The van der Waals surface area contributed by atoms with Crippen LogP contribution in [0.3, 0.4) is 0 Å². The lowest BCUT2D eigenvalue weighted by Gasteiger charge is -2.22. The van der Waals surface area contributed by atoms with E-state index in [-0.39, 0.29) is 19.0 Å². The lowest BCUT2D eigenvalue weighted by Crippen LogP contribution is -2.26. The highest BCUT2D eigenvalue weighted by Crippen LogP contribution is 2.27. The fourth-order valence-electron chi connectivity index (χ4n) is 2.66. The average molecular weight is 349 g/mol. The van der Waals surface area contributed by atoms with E-state index in [0.29, 0.717) is 22.5 Å². The van der Waals surface area contributed by atoms with E-state index in [4.69, 9.17) is 4.74 Å². The summed E-state index contributed by atoms with van der Waals surface area (Å²) in [4.78, 5) is 14.3. The van der Waals surface area contributed by atoms with Crippen molar-refractivity contribution < 1.29 is 19.7 Å². The molecule has 0 heterocycles. The van der Waals surface area contributed by atoms with E-state index in [0.717, 1.165) is 0 Å². The SMILES string of the molecule is O=C(OCc1cccc(O)c1CO)N(c1ccccc1)c1ccccc1. The van der Waals surface area contributed by atoms with Gasteiger partial charge in [-0.05, 0) is 35.9 Å². The van der Waals surface area contributed by atoms with E-state index >= 15 is 0 Å². The molecule has 5 heteroatoms. The number of nitrogens with zero attached hydrogens (tertiary/aromatic N) is 1. The average Bonchev–Trinajstić information content (AvgIpc) is 2.68. The van der Waals surface area contributed by atoms with Crippen molar-refractivity contribution in [2.45, 2.75) is 13.2 Å². The predicted molar refractivity (Wildman–Crippen MR) is 99.2 cm³/mol. The van der Waals surface area contributed by atoms with Crippen LogP contribution in [-0.2, 0) is 18.0 Å². The van der Waals surface area contributed by atoms with Gasteiger partial charge in [0.2, 0.25) is 0 Å². The summed E-state index contributed by atoms with van der Waals surface area (Å²) in [7, 11) is 0. The minimum atomic E-state index is -0.547. The summed E-state index contributed by atoms with van der Waals surface area (Å²) in [5, 5.41) is 19.2. The summed E-state index contributed by atoms with van der Waals surface area (Å²) < 4.78 is 5.46. The molecule has 2 N–H and O–H groups in total. The number of aliphatic hydroxyl groups is 1. The number of carbonyl (C=O) groups is 1. The van der Waals surface area contributed by atoms with Gasteiger partial charge in [-0.1, -0.05) is 48.5 Å². The topological polar surface area (TPSA) is 70.0 Å². The first-order valence-electron chi connectivity index (χ1n) is 8.18. The summed E-state index contributed by atoms with van der Waals surface area (Å²) in [6, 6.07) is 23.2. The summed E-state index contributed by atoms with van der Waals surface area (Å²) in [6.45, 7) is -0.389. The number of para-hydroxylation sites is 2. The zero-order valence-electron chi connectivity index (χ0n) is 14.1. The Bertz CT molecular complexity index is 826. The molecule has 5 nitrogen and oxygen atoms in total. The first-order chi connectivity index (χ1) is 12.7. The number of hydrogen-bond acceptors (Lipinski definition) is 4. The molecule has 1 amide bonds. The molecule has 0 saturated carbocycles. The van der Waals surface area contributed by atoms with Gasteiger partial charge in [0.15, 0.2) is 0 Å². The molecule has 0 aromatic heterocycles. The Hall–Kier alpha value is -3.31. The first kappa shape index (κ1) is 17.5. The molecule has 0 bridgehead atoms. The van der Waals surface area contributed by atoms with E-state index in [1.165, 1.54) is 11.0 Å². The van der Waals surface area contributed by atoms with Gasteiger partial charge in [0, 0.05) is 5.56 Å². The smallest absolute Gasteiger partial charge is 0.419 e. The molecule has 0 aliphatic rings. The van der Waals surface area contributed by atoms with Gasteiger partial charge in [-0.25, -0.2) is 9.69 Å². The fourth-order valence-corrected chi connectivity index (χ4v) is 2.66. The Kier molecular flexibility index (Phi) is 5.51. The molecule has 3 rings (SSSR count). The monoisotopic (exact) mass is 349 g/mol.